The number of hydrogen-bond donors (Lipinski definition) is 8. The maximum absolute atomic E-state index is 13.3. The quantitative estimate of drug-likeness (QED) is 0.0267. The Labute approximate surface area is 421 Å². The van der Waals surface area contributed by atoms with Gasteiger partial charge in [-0.15, -0.1) is 0 Å². The smallest absolute Gasteiger partial charge is 0.407 e. The van der Waals surface area contributed by atoms with E-state index in [1.165, 1.54) is 0 Å². The van der Waals surface area contributed by atoms with Gasteiger partial charge in [-0.2, -0.15) is 0 Å². The summed E-state index contributed by atoms with van der Waals surface area (Å²) in [4.78, 5) is 72.8. The molecule has 0 atom stereocenters. The van der Waals surface area contributed by atoms with E-state index in [0.717, 1.165) is 0 Å². The highest BCUT2D eigenvalue weighted by Crippen LogP contribution is 2.06. The van der Waals surface area contributed by atoms with E-state index in [1.54, 1.807) is 20.8 Å². The fourth-order valence-corrected chi connectivity index (χ4v) is 6.37. The van der Waals surface area contributed by atoms with E-state index in [9.17, 15) is 24.0 Å². The second-order valence-electron chi connectivity index (χ2n) is 17.2. The molecule has 26 heteroatoms. The molecule has 0 bridgehead atoms. The van der Waals surface area contributed by atoms with E-state index in [1.807, 2.05) is 19.6 Å². The van der Waals surface area contributed by atoms with Gasteiger partial charge in [0.1, 0.15) is 5.60 Å². The second kappa shape index (κ2) is 45.2. The number of ether oxygens (including phenoxy) is 9. The van der Waals surface area contributed by atoms with Crippen molar-refractivity contribution in [2.24, 2.45) is 17.2 Å². The van der Waals surface area contributed by atoms with Crippen LogP contribution in [-0.4, -0.2) is 292 Å². The van der Waals surface area contributed by atoms with Gasteiger partial charge in [-0.3, -0.25) is 38.8 Å². The fourth-order valence-electron chi connectivity index (χ4n) is 6.37. The predicted octanol–water partition coefficient (Wildman–Crippen LogP) is -4.79. The molecular weight excluding hydrogens is 933 g/mol. The second-order valence-corrected chi connectivity index (χ2v) is 17.2. The highest BCUT2D eigenvalue weighted by molar-refractivity contribution is 5.79. The zero-order valence-corrected chi connectivity index (χ0v) is 43.2. The molecule has 1 heterocycles. The summed E-state index contributed by atoms with van der Waals surface area (Å²) in [6, 6.07) is 0. The molecular formula is C45H92N12O14. The van der Waals surface area contributed by atoms with Crippen molar-refractivity contribution >= 4 is 29.7 Å². The molecule has 1 rings (SSSR count). The van der Waals surface area contributed by atoms with Gasteiger partial charge in [-0.25, -0.2) is 4.79 Å². The lowest BCUT2D eigenvalue weighted by molar-refractivity contribution is -0.125. The summed E-state index contributed by atoms with van der Waals surface area (Å²) in [5.74, 6) is -0.765. The molecule has 1 aliphatic heterocycles. The monoisotopic (exact) mass is 1020 g/mol. The standard InChI is InChI=1S/C45H92N12O14/c1-45(2,3)71-44(62)53-11-27-70-35-34-69-26-10-52-43(61)39-57-18-16-55(37-41(59)50-8-24-67-32-29-64-21-5-47)14-12-54(36-40(58)49-7-23-66-31-28-63-20-4-46)13-15-56(17-19-57)38-42(60)51-9-25-68-33-30-65-22-6-48/h4-39,46-48H2,1-3H3,(H,49,58)(H,50,59)(H,51,60)(H,52,61)(H,53,62). The minimum Gasteiger partial charge on any atom is -0.444 e. The average molecular weight is 1030 g/mol. The molecule has 0 saturated carbocycles. The van der Waals surface area contributed by atoms with Gasteiger partial charge in [-0.1, -0.05) is 0 Å². The van der Waals surface area contributed by atoms with Crippen LogP contribution in [-0.2, 0) is 61.8 Å². The van der Waals surface area contributed by atoms with Crippen LogP contribution < -0.4 is 43.8 Å². The summed E-state index contributed by atoms with van der Waals surface area (Å²) < 4.78 is 49.0. The van der Waals surface area contributed by atoms with E-state index in [2.05, 4.69) is 26.6 Å². The molecule has 0 aromatic carbocycles. The van der Waals surface area contributed by atoms with E-state index in [-0.39, 0.29) is 63.0 Å². The maximum Gasteiger partial charge on any atom is 0.407 e. The first kappa shape index (κ1) is 65.6. The number of hydrogen-bond acceptors (Lipinski definition) is 21. The van der Waals surface area contributed by atoms with Crippen molar-refractivity contribution in [1.82, 2.24) is 46.2 Å². The number of nitrogens with two attached hydrogens (primary N) is 3. The van der Waals surface area contributed by atoms with Crippen LogP contribution in [0.4, 0.5) is 4.79 Å². The zero-order chi connectivity index (χ0) is 52.1. The third-order valence-electron chi connectivity index (χ3n) is 9.86. The first-order chi connectivity index (χ1) is 34.3. The molecule has 0 radical (unpaired) electrons. The van der Waals surface area contributed by atoms with Crippen LogP contribution in [0.1, 0.15) is 20.8 Å². The molecule has 1 fully saturated rings. The highest BCUT2D eigenvalue weighted by Gasteiger charge is 2.22. The minimum atomic E-state index is -0.582. The lowest BCUT2D eigenvalue weighted by atomic mass is 10.2. The Bertz CT molecular complexity index is 1310. The Morgan fingerprint density at radius 3 is 0.775 bits per heavy atom. The molecule has 1 aliphatic rings. The number of amides is 5. The lowest BCUT2D eigenvalue weighted by Gasteiger charge is -2.33. The van der Waals surface area contributed by atoms with Crippen molar-refractivity contribution in [2.45, 2.75) is 26.4 Å². The van der Waals surface area contributed by atoms with Gasteiger partial charge in [0.05, 0.1) is 132 Å². The van der Waals surface area contributed by atoms with E-state index < -0.39 is 11.7 Å². The number of alkyl carbamates (subject to hydrolysis) is 1. The molecule has 0 spiro atoms. The molecule has 71 heavy (non-hydrogen) atoms. The number of carbonyl (C=O) groups is 5. The van der Waals surface area contributed by atoms with Crippen molar-refractivity contribution in [2.75, 3.05) is 237 Å². The third-order valence-corrected chi connectivity index (χ3v) is 9.86. The summed E-state index contributed by atoms with van der Waals surface area (Å²) in [5.41, 5.74) is 15.8. The fraction of sp³-hybridized carbons (Fsp3) is 0.889. The summed E-state index contributed by atoms with van der Waals surface area (Å²) >= 11 is 0. The Balaban J connectivity index is 2.95. The van der Waals surface area contributed by atoms with E-state index >= 15 is 0 Å². The van der Waals surface area contributed by atoms with Crippen molar-refractivity contribution in [3.8, 4) is 0 Å². The van der Waals surface area contributed by atoms with Crippen LogP contribution >= 0.6 is 0 Å². The molecule has 0 aromatic heterocycles. The molecule has 1 saturated heterocycles. The van der Waals surface area contributed by atoms with Gasteiger partial charge in [0.25, 0.3) is 0 Å². The van der Waals surface area contributed by atoms with E-state index in [4.69, 9.17) is 59.8 Å². The SMILES string of the molecule is CC(C)(C)OC(=O)NCCOCCOCCNC(=O)CN1CCN(CC(=O)NCCOCCOCCN)CCN(CC(=O)NCCOCCOCCN)CCN(CC(=O)NCCOCCOCCN)CC1. The number of nitrogens with one attached hydrogen (secondary N) is 5. The average Bonchev–Trinajstić information content (AvgIpc) is 3.32. The van der Waals surface area contributed by atoms with Gasteiger partial charge in [0, 0.05) is 105 Å². The van der Waals surface area contributed by atoms with Crippen LogP contribution in [0.15, 0.2) is 0 Å². The Morgan fingerprint density at radius 1 is 0.352 bits per heavy atom. The minimum absolute atomic E-state index is 0.0727. The van der Waals surface area contributed by atoms with Crippen LogP contribution in [0.2, 0.25) is 0 Å². The number of rotatable bonds is 41. The van der Waals surface area contributed by atoms with E-state index in [0.29, 0.717) is 197 Å². The number of nitrogens with zero attached hydrogens (tertiary/aromatic N) is 4. The molecule has 0 aliphatic carbocycles. The Kier molecular flexibility index (Phi) is 41.7. The predicted molar refractivity (Wildman–Crippen MR) is 266 cm³/mol. The summed E-state index contributed by atoms with van der Waals surface area (Å²) in [6.07, 6.45) is -0.510. The summed E-state index contributed by atoms with van der Waals surface area (Å²) in [6.45, 7) is 18.0. The van der Waals surface area contributed by atoms with Crippen molar-refractivity contribution < 1.29 is 66.6 Å². The van der Waals surface area contributed by atoms with Crippen LogP contribution in [0.25, 0.3) is 0 Å². The summed E-state index contributed by atoms with van der Waals surface area (Å²) in [7, 11) is 0. The van der Waals surface area contributed by atoms with Gasteiger partial charge < -0.3 is 86.4 Å². The van der Waals surface area contributed by atoms with Gasteiger partial charge in [0.2, 0.25) is 23.6 Å². The largest absolute Gasteiger partial charge is 0.444 e. The topological polar surface area (TPSA) is 320 Å². The van der Waals surface area contributed by atoms with Crippen molar-refractivity contribution in [3.05, 3.63) is 0 Å². The molecule has 416 valence electrons. The van der Waals surface area contributed by atoms with Crippen LogP contribution in [0.3, 0.4) is 0 Å². The molecule has 26 nitrogen and oxygen atoms in total. The molecule has 0 aromatic rings. The first-order valence-electron chi connectivity index (χ1n) is 25.0. The maximum atomic E-state index is 13.3. The molecule has 0 unspecified atom stereocenters. The lowest BCUT2D eigenvalue weighted by Crippen LogP contribution is -2.51. The van der Waals surface area contributed by atoms with Gasteiger partial charge in [0.15, 0.2) is 0 Å². The molecule has 11 N–H and O–H groups in total. The van der Waals surface area contributed by atoms with Gasteiger partial charge >= 0.3 is 6.09 Å². The van der Waals surface area contributed by atoms with Crippen LogP contribution in [0.5, 0.6) is 0 Å². The van der Waals surface area contributed by atoms with Crippen LogP contribution in [0, 0.1) is 0 Å². The first-order valence-corrected chi connectivity index (χ1v) is 25.0. The Morgan fingerprint density at radius 2 is 0.563 bits per heavy atom. The highest BCUT2D eigenvalue weighted by atomic mass is 16.6. The Hall–Kier alpha value is -3.45. The molecule has 5 amide bonds. The zero-order valence-electron chi connectivity index (χ0n) is 43.2. The van der Waals surface area contributed by atoms with Crippen molar-refractivity contribution in [3.63, 3.8) is 0 Å². The summed E-state index contributed by atoms with van der Waals surface area (Å²) in [5, 5.41) is 14.3. The van der Waals surface area contributed by atoms with Gasteiger partial charge in [-0.05, 0) is 20.8 Å². The number of carbonyl (C=O) groups excluding carboxylic acids is 5. The third kappa shape index (κ3) is 42.7. The normalized spacial score (nSPS) is 14.8. The van der Waals surface area contributed by atoms with Crippen molar-refractivity contribution in [1.29, 1.82) is 0 Å².